The van der Waals surface area contributed by atoms with Crippen LogP contribution in [0.3, 0.4) is 0 Å². The number of esters is 1. The van der Waals surface area contributed by atoms with Gasteiger partial charge in [-0.25, -0.2) is 8.78 Å². The van der Waals surface area contributed by atoms with E-state index in [0.29, 0.717) is 27.8 Å². The van der Waals surface area contributed by atoms with E-state index in [-0.39, 0.29) is 35.5 Å². The molecule has 0 saturated heterocycles. The number of benzene rings is 3. The smallest absolute Gasteiger partial charge is 0.308 e. The van der Waals surface area contributed by atoms with Crippen LogP contribution in [0.4, 0.5) is 8.78 Å². The summed E-state index contributed by atoms with van der Waals surface area (Å²) in [6.45, 7) is 5.22. The number of nitrogens with one attached hydrogen (secondary N) is 1. The van der Waals surface area contributed by atoms with E-state index in [1.165, 1.54) is 30.7 Å². The average Bonchev–Trinajstić information content (AvgIpc) is 3.49. The van der Waals surface area contributed by atoms with Gasteiger partial charge in [-0.05, 0) is 85.5 Å². The molecule has 1 N–H and O–H groups in total. The fourth-order valence-electron chi connectivity index (χ4n) is 5.85. The molecule has 230 valence electrons. The molecule has 10 heteroatoms. The highest BCUT2D eigenvalue weighted by molar-refractivity contribution is 5.86. The molecule has 45 heavy (non-hydrogen) atoms. The van der Waals surface area contributed by atoms with Crippen LogP contribution in [-0.2, 0) is 20.9 Å². The molecule has 0 fully saturated rings. The van der Waals surface area contributed by atoms with Crippen LogP contribution >= 0.6 is 0 Å². The SMILES string of the molecule is CCOC(=O)C[C@@H]1NC(=O)[C@@H](n2ccc3ccoc3c2=O)c2cc(ccc2F)COc2cccc(C)c2-c2cc(C)c(F)c1c2. The number of furan rings is 1. The summed E-state index contributed by atoms with van der Waals surface area (Å²) in [5.74, 6) is -2.39. The molecule has 3 aromatic carbocycles. The number of hydrogen-bond acceptors (Lipinski definition) is 6. The number of aryl methyl sites for hydroxylation is 2. The number of hydrogen-bond donors (Lipinski definition) is 1. The van der Waals surface area contributed by atoms with Gasteiger partial charge in [0.2, 0.25) is 5.91 Å². The fraction of sp³-hybridized carbons (Fsp3) is 0.229. The Hall–Kier alpha value is -5.25. The van der Waals surface area contributed by atoms with Crippen LogP contribution < -0.4 is 15.6 Å². The maximum Gasteiger partial charge on any atom is 0.308 e. The molecule has 1 aliphatic rings. The van der Waals surface area contributed by atoms with Crippen LogP contribution in [0.2, 0.25) is 0 Å². The second-order valence-electron chi connectivity index (χ2n) is 11.0. The van der Waals surface area contributed by atoms with Crippen LogP contribution in [-0.4, -0.2) is 23.1 Å². The zero-order valence-electron chi connectivity index (χ0n) is 24.9. The van der Waals surface area contributed by atoms with Crippen molar-refractivity contribution in [1.29, 1.82) is 0 Å². The van der Waals surface area contributed by atoms with Crippen molar-refractivity contribution in [3.05, 3.63) is 123 Å². The predicted octanol–water partition coefficient (Wildman–Crippen LogP) is 6.45. The van der Waals surface area contributed by atoms with Gasteiger partial charge in [0.1, 0.15) is 30.0 Å². The zero-order chi connectivity index (χ0) is 31.8. The number of aromatic nitrogens is 1. The number of carbonyl (C=O) groups is 2. The first kappa shape index (κ1) is 29.8. The van der Waals surface area contributed by atoms with E-state index in [4.69, 9.17) is 13.9 Å². The Labute approximate surface area is 257 Å². The molecule has 0 saturated carbocycles. The zero-order valence-corrected chi connectivity index (χ0v) is 24.9. The van der Waals surface area contributed by atoms with Crippen molar-refractivity contribution in [2.45, 2.75) is 45.9 Å². The van der Waals surface area contributed by atoms with Crippen LogP contribution in [0, 0.1) is 25.5 Å². The Morgan fingerprint density at radius 3 is 2.64 bits per heavy atom. The lowest BCUT2D eigenvalue weighted by atomic mass is 9.91. The van der Waals surface area contributed by atoms with Crippen LogP contribution in [0.15, 0.2) is 82.3 Å². The fourth-order valence-corrected chi connectivity index (χ4v) is 5.85. The third kappa shape index (κ3) is 5.59. The lowest BCUT2D eigenvalue weighted by molar-refractivity contribution is -0.143. The molecule has 2 aromatic heterocycles. The van der Waals surface area contributed by atoms with Gasteiger partial charge >= 0.3 is 5.97 Å². The van der Waals surface area contributed by atoms with E-state index in [1.54, 1.807) is 44.2 Å². The lowest BCUT2D eigenvalue weighted by Crippen LogP contribution is -2.40. The number of nitrogens with zero attached hydrogens (tertiary/aromatic N) is 1. The quantitative estimate of drug-likeness (QED) is 0.234. The van der Waals surface area contributed by atoms with E-state index in [9.17, 15) is 14.4 Å². The highest BCUT2D eigenvalue weighted by Gasteiger charge is 2.32. The molecule has 0 radical (unpaired) electrons. The van der Waals surface area contributed by atoms with Gasteiger partial charge < -0.3 is 19.2 Å². The van der Waals surface area contributed by atoms with Gasteiger partial charge in [0.25, 0.3) is 5.56 Å². The van der Waals surface area contributed by atoms with Gasteiger partial charge in [-0.1, -0.05) is 18.2 Å². The molecular formula is C35H30F2N2O6. The number of fused-ring (bicyclic) bond motifs is 7. The van der Waals surface area contributed by atoms with Crippen molar-refractivity contribution in [2.75, 3.05) is 6.61 Å². The van der Waals surface area contributed by atoms with Gasteiger partial charge in [-0.2, -0.15) is 0 Å². The number of amides is 1. The number of halogens is 2. The summed E-state index contributed by atoms with van der Waals surface area (Å²) in [4.78, 5) is 40.7. The molecule has 1 aliphatic heterocycles. The number of rotatable bonds is 4. The summed E-state index contributed by atoms with van der Waals surface area (Å²) in [5, 5.41) is 3.26. The number of pyridine rings is 1. The Kier molecular flexibility index (Phi) is 7.97. The summed E-state index contributed by atoms with van der Waals surface area (Å²) in [7, 11) is 0. The molecule has 4 bridgehead atoms. The van der Waals surface area contributed by atoms with Crippen LogP contribution in [0.1, 0.15) is 53.2 Å². The second kappa shape index (κ2) is 12.0. The monoisotopic (exact) mass is 612 g/mol. The molecule has 0 aliphatic carbocycles. The summed E-state index contributed by atoms with van der Waals surface area (Å²) in [6, 6.07) is 13.4. The van der Waals surface area contributed by atoms with Crippen molar-refractivity contribution in [3.63, 3.8) is 0 Å². The first-order chi connectivity index (χ1) is 21.7. The Morgan fingerprint density at radius 1 is 1.02 bits per heavy atom. The highest BCUT2D eigenvalue weighted by Crippen LogP contribution is 2.38. The molecule has 8 nitrogen and oxygen atoms in total. The first-order valence-electron chi connectivity index (χ1n) is 14.5. The van der Waals surface area contributed by atoms with Crippen molar-refractivity contribution in [3.8, 4) is 16.9 Å². The minimum Gasteiger partial charge on any atom is -0.488 e. The van der Waals surface area contributed by atoms with Gasteiger partial charge in [-0.3, -0.25) is 19.0 Å². The van der Waals surface area contributed by atoms with Crippen LogP contribution in [0.5, 0.6) is 5.75 Å². The maximum atomic E-state index is 16.0. The van der Waals surface area contributed by atoms with Gasteiger partial charge in [0.05, 0.1) is 25.3 Å². The molecule has 0 unspecified atom stereocenters. The van der Waals surface area contributed by atoms with Gasteiger partial charge in [-0.15, -0.1) is 0 Å². The molecular weight excluding hydrogens is 582 g/mol. The van der Waals surface area contributed by atoms with Gasteiger partial charge in [0.15, 0.2) is 5.58 Å². The van der Waals surface area contributed by atoms with E-state index in [1.807, 2.05) is 19.1 Å². The van der Waals surface area contributed by atoms with Gasteiger partial charge in [0, 0.05) is 28.3 Å². The minimum absolute atomic E-state index is 0.0166. The molecule has 0 spiro atoms. The van der Waals surface area contributed by atoms with E-state index in [0.717, 1.165) is 10.1 Å². The normalized spacial score (nSPS) is 16.3. The molecule has 5 aromatic rings. The van der Waals surface area contributed by atoms with Crippen molar-refractivity contribution in [1.82, 2.24) is 9.88 Å². The molecule has 6 rings (SSSR count). The molecule has 2 atom stereocenters. The molecule has 3 heterocycles. The van der Waals surface area contributed by atoms with Crippen molar-refractivity contribution < 1.29 is 32.3 Å². The standard InChI is InChI=1S/C35H30F2N2O6/c1-4-43-29(40)17-27-25-16-23(14-20(3)31(25)37)30-19(2)6-5-7-28(30)45-18-21-8-9-26(36)24(15-21)32(34(41)38-27)39-12-10-22-11-13-44-33(22)35(39)42/h5-16,27,32H,4,17-18H2,1-3H3,(H,38,41)/t27-,32-/m0/s1. The molecule has 1 amide bonds. The third-order valence-corrected chi connectivity index (χ3v) is 7.99. The highest BCUT2D eigenvalue weighted by atomic mass is 19.1. The van der Waals surface area contributed by atoms with Crippen LogP contribution in [0.25, 0.3) is 22.1 Å². The van der Waals surface area contributed by atoms with Crippen molar-refractivity contribution in [2.24, 2.45) is 0 Å². The van der Waals surface area contributed by atoms with Crippen molar-refractivity contribution >= 4 is 22.8 Å². The summed E-state index contributed by atoms with van der Waals surface area (Å²) in [5.41, 5.74) is 2.22. The first-order valence-corrected chi connectivity index (χ1v) is 14.5. The Balaban J connectivity index is 1.61. The lowest BCUT2D eigenvalue weighted by Gasteiger charge is -2.26. The Morgan fingerprint density at radius 2 is 1.84 bits per heavy atom. The number of carbonyl (C=O) groups excluding carboxylic acids is 2. The van der Waals surface area contributed by atoms with E-state index < -0.39 is 47.6 Å². The third-order valence-electron chi connectivity index (χ3n) is 7.99. The largest absolute Gasteiger partial charge is 0.488 e. The second-order valence-corrected chi connectivity index (χ2v) is 11.0. The summed E-state index contributed by atoms with van der Waals surface area (Å²) in [6.07, 6.45) is 2.30. The van der Waals surface area contributed by atoms with E-state index >= 15 is 8.78 Å². The average molecular weight is 613 g/mol. The number of ether oxygens (including phenoxy) is 2. The summed E-state index contributed by atoms with van der Waals surface area (Å²) >= 11 is 0. The summed E-state index contributed by atoms with van der Waals surface area (Å²) < 4.78 is 49.5. The minimum atomic E-state index is -1.55. The maximum absolute atomic E-state index is 16.0. The topological polar surface area (TPSA) is 99.8 Å². The van der Waals surface area contributed by atoms with E-state index in [2.05, 4.69) is 5.32 Å². The predicted molar refractivity (Wildman–Crippen MR) is 163 cm³/mol. The Bertz CT molecular complexity index is 2010.